The maximum absolute atomic E-state index is 13.3. The van der Waals surface area contributed by atoms with Gasteiger partial charge in [-0.25, -0.2) is 4.39 Å². The number of benzene rings is 1. The maximum atomic E-state index is 13.3. The summed E-state index contributed by atoms with van der Waals surface area (Å²) in [6.07, 6.45) is 3.18. The van der Waals surface area contributed by atoms with Crippen LogP contribution in [0.2, 0.25) is 0 Å². The fraction of sp³-hybridized carbons (Fsp3) is 0.0769. The van der Waals surface area contributed by atoms with Crippen LogP contribution in [0.25, 0.3) is 0 Å². The molecule has 3 heteroatoms. The highest BCUT2D eigenvalue weighted by Gasteiger charge is 2.09. The second-order valence-electron chi connectivity index (χ2n) is 3.43. The third-order valence-corrected chi connectivity index (χ3v) is 2.31. The van der Waals surface area contributed by atoms with Crippen molar-refractivity contribution in [1.29, 1.82) is 0 Å². The van der Waals surface area contributed by atoms with Crippen molar-refractivity contribution in [1.82, 2.24) is 4.98 Å². The molecule has 0 atom stereocenters. The van der Waals surface area contributed by atoms with E-state index in [4.69, 9.17) is 0 Å². The number of hydrogen-bond donors (Lipinski definition) is 0. The van der Waals surface area contributed by atoms with Gasteiger partial charge in [0.1, 0.15) is 5.82 Å². The zero-order chi connectivity index (χ0) is 11.4. The van der Waals surface area contributed by atoms with Crippen LogP contribution in [0.5, 0.6) is 0 Å². The summed E-state index contributed by atoms with van der Waals surface area (Å²) in [6.45, 7) is 0. The Labute approximate surface area is 92.8 Å². The number of nitrogens with zero attached hydrogens (tertiary/aromatic N) is 1. The Balaban J connectivity index is 2.18. The Hall–Kier alpha value is -2.03. The Bertz CT molecular complexity index is 496. The molecule has 2 nitrogen and oxygen atoms in total. The van der Waals surface area contributed by atoms with E-state index in [-0.39, 0.29) is 18.0 Å². The molecule has 0 amide bonds. The molecule has 0 aliphatic carbocycles. The maximum Gasteiger partial charge on any atom is 0.167 e. The SMILES string of the molecule is O=C(Cc1ccccc1F)c1ccncc1. The van der Waals surface area contributed by atoms with Crippen molar-refractivity contribution in [3.05, 3.63) is 65.7 Å². The summed E-state index contributed by atoms with van der Waals surface area (Å²) in [4.78, 5) is 15.6. The van der Waals surface area contributed by atoms with Gasteiger partial charge < -0.3 is 0 Å². The summed E-state index contributed by atoms with van der Waals surface area (Å²) in [5, 5.41) is 0. The quantitative estimate of drug-likeness (QED) is 0.737. The number of carbonyl (C=O) groups excluding carboxylic acids is 1. The number of ketones is 1. The Morgan fingerprint density at radius 2 is 1.81 bits per heavy atom. The van der Waals surface area contributed by atoms with Crippen molar-refractivity contribution in [3.63, 3.8) is 0 Å². The van der Waals surface area contributed by atoms with Crippen LogP contribution in [-0.2, 0) is 6.42 Å². The van der Waals surface area contributed by atoms with Crippen molar-refractivity contribution in [2.45, 2.75) is 6.42 Å². The van der Waals surface area contributed by atoms with Crippen molar-refractivity contribution in [3.8, 4) is 0 Å². The van der Waals surface area contributed by atoms with Crippen LogP contribution in [0, 0.1) is 5.82 Å². The van der Waals surface area contributed by atoms with E-state index in [1.807, 2.05) is 0 Å². The number of carbonyl (C=O) groups is 1. The number of halogens is 1. The molecule has 1 aromatic carbocycles. The van der Waals surface area contributed by atoms with Crippen molar-refractivity contribution in [2.75, 3.05) is 0 Å². The van der Waals surface area contributed by atoms with E-state index in [0.717, 1.165) is 0 Å². The highest BCUT2D eigenvalue weighted by atomic mass is 19.1. The van der Waals surface area contributed by atoms with Gasteiger partial charge in [-0.05, 0) is 23.8 Å². The third kappa shape index (κ3) is 2.31. The predicted octanol–water partition coefficient (Wildman–Crippen LogP) is 2.65. The minimum Gasteiger partial charge on any atom is -0.294 e. The molecule has 0 saturated carbocycles. The van der Waals surface area contributed by atoms with E-state index in [0.29, 0.717) is 11.1 Å². The molecule has 0 bridgehead atoms. The van der Waals surface area contributed by atoms with Crippen molar-refractivity contribution in [2.24, 2.45) is 0 Å². The molecular formula is C13H10FNO. The van der Waals surface area contributed by atoms with Gasteiger partial charge in [-0.3, -0.25) is 9.78 Å². The molecule has 0 spiro atoms. The number of hydrogen-bond acceptors (Lipinski definition) is 2. The lowest BCUT2D eigenvalue weighted by Crippen LogP contribution is -2.04. The van der Waals surface area contributed by atoms with Crippen LogP contribution in [0.3, 0.4) is 0 Å². The fourth-order valence-corrected chi connectivity index (χ4v) is 1.45. The molecular weight excluding hydrogens is 205 g/mol. The Morgan fingerprint density at radius 1 is 1.12 bits per heavy atom. The van der Waals surface area contributed by atoms with E-state index in [1.165, 1.54) is 6.07 Å². The molecule has 0 fully saturated rings. The first-order chi connectivity index (χ1) is 7.77. The summed E-state index contributed by atoms with van der Waals surface area (Å²) in [6, 6.07) is 9.56. The van der Waals surface area contributed by atoms with Gasteiger partial charge in [0.05, 0.1) is 0 Å². The molecule has 16 heavy (non-hydrogen) atoms. The van der Waals surface area contributed by atoms with Crippen LogP contribution in [0.4, 0.5) is 4.39 Å². The second kappa shape index (κ2) is 4.66. The van der Waals surface area contributed by atoms with Crippen LogP contribution >= 0.6 is 0 Å². The molecule has 1 aromatic heterocycles. The summed E-state index contributed by atoms with van der Waals surface area (Å²) in [5.41, 5.74) is 0.975. The van der Waals surface area contributed by atoms with Gasteiger partial charge in [0.25, 0.3) is 0 Å². The third-order valence-electron chi connectivity index (χ3n) is 2.31. The molecule has 0 radical (unpaired) electrons. The van der Waals surface area contributed by atoms with Crippen LogP contribution < -0.4 is 0 Å². The molecule has 0 saturated heterocycles. The number of rotatable bonds is 3. The first-order valence-corrected chi connectivity index (χ1v) is 4.94. The van der Waals surface area contributed by atoms with Crippen molar-refractivity contribution < 1.29 is 9.18 Å². The van der Waals surface area contributed by atoms with Crippen LogP contribution in [-0.4, -0.2) is 10.8 Å². The van der Waals surface area contributed by atoms with Gasteiger partial charge in [0, 0.05) is 24.4 Å². The molecule has 1 heterocycles. The van der Waals surface area contributed by atoms with Crippen LogP contribution in [0.1, 0.15) is 15.9 Å². The summed E-state index contributed by atoms with van der Waals surface area (Å²) >= 11 is 0. The average Bonchev–Trinajstić information content (AvgIpc) is 2.33. The second-order valence-corrected chi connectivity index (χ2v) is 3.43. The molecule has 80 valence electrons. The normalized spacial score (nSPS) is 10.1. The van der Waals surface area contributed by atoms with E-state index in [1.54, 1.807) is 42.7 Å². The average molecular weight is 215 g/mol. The molecule has 2 rings (SSSR count). The highest BCUT2D eigenvalue weighted by Crippen LogP contribution is 2.10. The Kier molecular flexibility index (Phi) is 3.05. The topological polar surface area (TPSA) is 30.0 Å². The predicted molar refractivity (Wildman–Crippen MR) is 58.7 cm³/mol. The molecule has 0 aliphatic heterocycles. The van der Waals surface area contributed by atoms with E-state index >= 15 is 0 Å². The van der Waals surface area contributed by atoms with Gasteiger partial charge in [-0.2, -0.15) is 0 Å². The van der Waals surface area contributed by atoms with Gasteiger partial charge in [0.2, 0.25) is 0 Å². The number of pyridine rings is 1. The van der Waals surface area contributed by atoms with Crippen LogP contribution in [0.15, 0.2) is 48.8 Å². The Morgan fingerprint density at radius 3 is 2.50 bits per heavy atom. The lowest BCUT2D eigenvalue weighted by atomic mass is 10.0. The number of Topliss-reactive ketones (excluding diaryl/α,β-unsaturated/α-hetero) is 1. The van der Waals surface area contributed by atoms with Gasteiger partial charge in [-0.1, -0.05) is 18.2 Å². The zero-order valence-corrected chi connectivity index (χ0v) is 8.56. The molecule has 2 aromatic rings. The lowest BCUT2D eigenvalue weighted by molar-refractivity contribution is 0.0991. The number of aromatic nitrogens is 1. The lowest BCUT2D eigenvalue weighted by Gasteiger charge is -2.02. The standard InChI is InChI=1S/C13H10FNO/c14-12-4-2-1-3-11(12)9-13(16)10-5-7-15-8-6-10/h1-8H,9H2. The van der Waals surface area contributed by atoms with E-state index in [2.05, 4.69) is 4.98 Å². The van der Waals surface area contributed by atoms with Crippen molar-refractivity contribution >= 4 is 5.78 Å². The summed E-state index contributed by atoms with van der Waals surface area (Å²) < 4.78 is 13.3. The van der Waals surface area contributed by atoms with Gasteiger partial charge in [0.15, 0.2) is 5.78 Å². The zero-order valence-electron chi connectivity index (χ0n) is 8.56. The smallest absolute Gasteiger partial charge is 0.167 e. The first kappa shape index (κ1) is 10.5. The fourth-order valence-electron chi connectivity index (χ4n) is 1.45. The summed E-state index contributed by atoms with van der Waals surface area (Å²) in [7, 11) is 0. The van der Waals surface area contributed by atoms with Gasteiger partial charge in [-0.15, -0.1) is 0 Å². The van der Waals surface area contributed by atoms with Gasteiger partial charge >= 0.3 is 0 Å². The monoisotopic (exact) mass is 215 g/mol. The first-order valence-electron chi connectivity index (χ1n) is 4.94. The minimum atomic E-state index is -0.343. The molecule has 0 aliphatic rings. The van der Waals surface area contributed by atoms with E-state index in [9.17, 15) is 9.18 Å². The largest absolute Gasteiger partial charge is 0.294 e. The molecule has 0 unspecified atom stereocenters. The minimum absolute atomic E-state index is 0.0800. The molecule has 0 N–H and O–H groups in total. The summed E-state index contributed by atoms with van der Waals surface area (Å²) in [5.74, 6) is -0.447. The van der Waals surface area contributed by atoms with E-state index < -0.39 is 0 Å². The highest BCUT2D eigenvalue weighted by molar-refractivity contribution is 5.97.